The molecule has 0 spiro atoms. The van der Waals surface area contributed by atoms with Crippen molar-refractivity contribution in [3.63, 3.8) is 0 Å². The lowest BCUT2D eigenvalue weighted by atomic mass is 10.1. The molecule has 0 radical (unpaired) electrons. The van der Waals surface area contributed by atoms with Crippen molar-refractivity contribution >= 4 is 5.96 Å². The molecule has 1 rings (SSSR count). The van der Waals surface area contributed by atoms with Gasteiger partial charge in [0.05, 0.1) is 12.2 Å². The van der Waals surface area contributed by atoms with E-state index in [9.17, 15) is 0 Å². The van der Waals surface area contributed by atoms with Gasteiger partial charge >= 0.3 is 0 Å². The Kier molecular flexibility index (Phi) is 10.8. The number of methoxy groups -OCH3 is 2. The van der Waals surface area contributed by atoms with Gasteiger partial charge in [0.1, 0.15) is 12.4 Å². The van der Waals surface area contributed by atoms with Gasteiger partial charge in [0.15, 0.2) is 5.96 Å². The van der Waals surface area contributed by atoms with E-state index in [1.54, 1.807) is 21.3 Å². The molecule has 2 N–H and O–H groups in total. The first-order valence-electron chi connectivity index (χ1n) is 9.29. The number of likely N-dealkylation sites (N-methyl/N-ethyl adjacent to an activating group) is 1. The van der Waals surface area contributed by atoms with Crippen molar-refractivity contribution < 1.29 is 14.2 Å². The predicted octanol–water partition coefficient (Wildman–Crippen LogP) is 1.73. The zero-order valence-corrected chi connectivity index (χ0v) is 17.7. The maximum absolute atomic E-state index is 5.86. The summed E-state index contributed by atoms with van der Waals surface area (Å²) >= 11 is 0. The number of hydrogen-bond donors (Lipinski definition) is 2. The van der Waals surface area contributed by atoms with Crippen LogP contribution in [-0.4, -0.2) is 77.6 Å². The molecule has 7 nitrogen and oxygen atoms in total. The summed E-state index contributed by atoms with van der Waals surface area (Å²) in [6.07, 6.45) is 0. The topological polar surface area (TPSA) is 67.4 Å². The van der Waals surface area contributed by atoms with E-state index in [-0.39, 0.29) is 5.60 Å². The summed E-state index contributed by atoms with van der Waals surface area (Å²) in [6.45, 7) is 8.52. The second-order valence-corrected chi connectivity index (χ2v) is 7.04. The van der Waals surface area contributed by atoms with Crippen LogP contribution >= 0.6 is 0 Å². The Balaban J connectivity index is 2.42. The largest absolute Gasteiger partial charge is 0.492 e. The Morgan fingerprint density at radius 1 is 1.15 bits per heavy atom. The molecule has 0 fully saturated rings. The molecule has 0 bridgehead atoms. The molecule has 1 aromatic carbocycles. The molecule has 0 saturated heterocycles. The molecule has 0 amide bonds. The molecule has 0 unspecified atom stereocenters. The van der Waals surface area contributed by atoms with Gasteiger partial charge < -0.3 is 29.7 Å². The van der Waals surface area contributed by atoms with E-state index in [1.807, 2.05) is 26.0 Å². The van der Waals surface area contributed by atoms with E-state index >= 15 is 0 Å². The second-order valence-electron chi connectivity index (χ2n) is 7.04. The van der Waals surface area contributed by atoms with E-state index in [4.69, 9.17) is 14.2 Å². The molecule has 0 aliphatic carbocycles. The third-order valence-electron chi connectivity index (χ3n) is 4.24. The molecule has 27 heavy (non-hydrogen) atoms. The lowest BCUT2D eigenvalue weighted by Crippen LogP contribution is -2.45. The Morgan fingerprint density at radius 2 is 1.89 bits per heavy atom. The van der Waals surface area contributed by atoms with Gasteiger partial charge in [-0.25, -0.2) is 0 Å². The number of nitrogens with zero attached hydrogens (tertiary/aromatic N) is 2. The SMILES string of the molecule is CN=C(NCc1cccc(OCCN(C)CCOC)c1)NCC(C)(C)OC. The van der Waals surface area contributed by atoms with E-state index in [0.717, 1.165) is 37.0 Å². The number of aliphatic imine (C=N–C) groups is 1. The van der Waals surface area contributed by atoms with E-state index in [0.29, 0.717) is 19.7 Å². The average Bonchev–Trinajstić information content (AvgIpc) is 2.67. The minimum absolute atomic E-state index is 0.248. The van der Waals surface area contributed by atoms with Crippen LogP contribution < -0.4 is 15.4 Å². The van der Waals surface area contributed by atoms with Crippen LogP contribution in [0.2, 0.25) is 0 Å². The molecule has 0 heterocycles. The molecule has 0 aliphatic heterocycles. The highest BCUT2D eigenvalue weighted by atomic mass is 16.5. The molecule has 1 aromatic rings. The fourth-order valence-electron chi connectivity index (χ4n) is 2.20. The first-order chi connectivity index (χ1) is 12.9. The van der Waals surface area contributed by atoms with E-state index in [2.05, 4.69) is 39.7 Å². The normalized spacial score (nSPS) is 12.3. The highest BCUT2D eigenvalue weighted by Gasteiger charge is 2.16. The van der Waals surface area contributed by atoms with Crippen LogP contribution in [0.25, 0.3) is 0 Å². The maximum atomic E-state index is 5.86. The van der Waals surface area contributed by atoms with Gasteiger partial charge in [-0.05, 0) is 38.6 Å². The van der Waals surface area contributed by atoms with Gasteiger partial charge in [0, 0.05) is 47.4 Å². The van der Waals surface area contributed by atoms with Crippen molar-refractivity contribution in [3.8, 4) is 5.75 Å². The predicted molar refractivity (Wildman–Crippen MR) is 111 cm³/mol. The summed E-state index contributed by atoms with van der Waals surface area (Å²) in [6, 6.07) is 8.10. The van der Waals surface area contributed by atoms with E-state index in [1.165, 1.54) is 0 Å². The minimum Gasteiger partial charge on any atom is -0.492 e. The summed E-state index contributed by atoms with van der Waals surface area (Å²) in [5, 5.41) is 6.59. The van der Waals surface area contributed by atoms with Gasteiger partial charge in [-0.15, -0.1) is 0 Å². The highest BCUT2D eigenvalue weighted by Crippen LogP contribution is 2.13. The van der Waals surface area contributed by atoms with Gasteiger partial charge in [-0.2, -0.15) is 0 Å². The third-order valence-corrected chi connectivity index (χ3v) is 4.24. The second kappa shape index (κ2) is 12.5. The Morgan fingerprint density at radius 3 is 2.56 bits per heavy atom. The smallest absolute Gasteiger partial charge is 0.191 e. The maximum Gasteiger partial charge on any atom is 0.191 e. The molecule has 0 saturated carbocycles. The Hall–Kier alpha value is -1.83. The summed E-state index contributed by atoms with van der Waals surface area (Å²) in [7, 11) is 7.24. The van der Waals surface area contributed by atoms with Crippen LogP contribution in [0, 0.1) is 0 Å². The summed E-state index contributed by atoms with van der Waals surface area (Å²) in [5.74, 6) is 1.61. The quantitative estimate of drug-likeness (QED) is 0.425. The number of nitrogens with one attached hydrogen (secondary N) is 2. The summed E-state index contributed by atoms with van der Waals surface area (Å²) < 4.78 is 16.4. The van der Waals surface area contributed by atoms with Gasteiger partial charge in [0.2, 0.25) is 0 Å². The van der Waals surface area contributed by atoms with Crippen molar-refractivity contribution in [2.24, 2.45) is 4.99 Å². The van der Waals surface area contributed by atoms with Crippen molar-refractivity contribution in [1.29, 1.82) is 0 Å². The summed E-state index contributed by atoms with van der Waals surface area (Å²) in [5.41, 5.74) is 0.885. The standard InChI is InChI=1S/C20H36N4O3/c1-20(2,26-6)16-23-19(21-3)22-15-17-8-7-9-18(14-17)27-13-11-24(4)10-12-25-5/h7-9,14H,10-13,15-16H2,1-6H3,(H2,21,22,23). The van der Waals surface area contributed by atoms with E-state index < -0.39 is 0 Å². The zero-order chi connectivity index (χ0) is 20.1. The first-order valence-corrected chi connectivity index (χ1v) is 9.29. The van der Waals surface area contributed by atoms with Crippen molar-refractivity contribution in [2.45, 2.75) is 26.0 Å². The first kappa shape index (κ1) is 23.2. The van der Waals surface area contributed by atoms with Gasteiger partial charge in [-0.3, -0.25) is 4.99 Å². The molecule has 0 atom stereocenters. The van der Waals surface area contributed by atoms with Crippen LogP contribution in [-0.2, 0) is 16.0 Å². The molecular weight excluding hydrogens is 344 g/mol. The van der Waals surface area contributed by atoms with Crippen LogP contribution in [0.5, 0.6) is 5.75 Å². The fraction of sp³-hybridized carbons (Fsp3) is 0.650. The molecule has 0 aromatic heterocycles. The number of ether oxygens (including phenoxy) is 3. The molecule has 154 valence electrons. The fourth-order valence-corrected chi connectivity index (χ4v) is 2.20. The zero-order valence-electron chi connectivity index (χ0n) is 17.7. The lowest BCUT2D eigenvalue weighted by Gasteiger charge is -2.24. The van der Waals surface area contributed by atoms with Gasteiger partial charge in [-0.1, -0.05) is 12.1 Å². The Bertz CT molecular complexity index is 564. The Labute approximate surface area is 164 Å². The third kappa shape index (κ3) is 10.2. The van der Waals surface area contributed by atoms with Crippen LogP contribution in [0.1, 0.15) is 19.4 Å². The van der Waals surface area contributed by atoms with Crippen LogP contribution in [0.4, 0.5) is 0 Å². The number of rotatable bonds is 12. The monoisotopic (exact) mass is 380 g/mol. The molecule has 7 heteroatoms. The number of hydrogen-bond acceptors (Lipinski definition) is 5. The van der Waals surface area contributed by atoms with Crippen molar-refractivity contribution in [1.82, 2.24) is 15.5 Å². The molecule has 0 aliphatic rings. The molecular formula is C20H36N4O3. The average molecular weight is 381 g/mol. The number of benzene rings is 1. The van der Waals surface area contributed by atoms with Gasteiger partial charge in [0.25, 0.3) is 0 Å². The van der Waals surface area contributed by atoms with Crippen LogP contribution in [0.15, 0.2) is 29.3 Å². The lowest BCUT2D eigenvalue weighted by molar-refractivity contribution is 0.0268. The van der Waals surface area contributed by atoms with Crippen molar-refractivity contribution in [3.05, 3.63) is 29.8 Å². The van der Waals surface area contributed by atoms with Crippen molar-refractivity contribution in [2.75, 3.05) is 61.2 Å². The summed E-state index contributed by atoms with van der Waals surface area (Å²) in [4.78, 5) is 6.43. The van der Waals surface area contributed by atoms with Crippen LogP contribution in [0.3, 0.4) is 0 Å². The highest BCUT2D eigenvalue weighted by molar-refractivity contribution is 5.79. The number of guanidine groups is 1. The minimum atomic E-state index is -0.248.